The molecule has 2 rings (SSSR count). The molecule has 0 aliphatic carbocycles. The van der Waals surface area contributed by atoms with Crippen LogP contribution >= 0.6 is 24.8 Å². The maximum Gasteiger partial charge on any atom is 0.123 e. The minimum absolute atomic E-state index is 0. The average Bonchev–Trinajstić information content (AvgIpc) is 2.48. The number of hydrogen-bond donors (Lipinski definition) is 1. The molecule has 0 radical (unpaired) electrons. The Labute approximate surface area is 151 Å². The molecule has 3 nitrogen and oxygen atoms in total. The van der Waals surface area contributed by atoms with Crippen LogP contribution in [0.1, 0.15) is 38.3 Å². The van der Waals surface area contributed by atoms with Crippen molar-refractivity contribution in [2.45, 2.75) is 32.7 Å². The summed E-state index contributed by atoms with van der Waals surface area (Å²) in [5.74, 6) is 1.26. The van der Waals surface area contributed by atoms with Crippen LogP contribution in [-0.2, 0) is 0 Å². The van der Waals surface area contributed by atoms with Crippen LogP contribution < -0.4 is 10.1 Å². The molecule has 23 heavy (non-hydrogen) atoms. The molecule has 0 amide bonds. The maximum absolute atomic E-state index is 13.7. The second kappa shape index (κ2) is 11.1. The Bertz CT molecular complexity index is 454. The van der Waals surface area contributed by atoms with Gasteiger partial charge in [-0.15, -0.1) is 24.8 Å². The van der Waals surface area contributed by atoms with Gasteiger partial charge in [0.15, 0.2) is 0 Å². The molecule has 0 unspecified atom stereocenters. The first kappa shape index (κ1) is 22.4. The molecule has 1 N–H and O–H groups in total. The van der Waals surface area contributed by atoms with Crippen molar-refractivity contribution < 1.29 is 9.13 Å². The summed E-state index contributed by atoms with van der Waals surface area (Å²) in [6.07, 6.45) is 2.17. The number of nitrogens with one attached hydrogen (secondary N) is 1. The lowest BCUT2D eigenvalue weighted by atomic mass is 9.95. The van der Waals surface area contributed by atoms with Crippen molar-refractivity contribution in [1.82, 2.24) is 10.2 Å². The fourth-order valence-corrected chi connectivity index (χ4v) is 2.99. The van der Waals surface area contributed by atoms with Crippen LogP contribution in [0.3, 0.4) is 0 Å². The molecule has 0 bridgehead atoms. The van der Waals surface area contributed by atoms with Crippen molar-refractivity contribution in [3.63, 3.8) is 0 Å². The predicted molar refractivity (Wildman–Crippen MR) is 98.7 cm³/mol. The van der Waals surface area contributed by atoms with Gasteiger partial charge in [0, 0.05) is 37.8 Å². The summed E-state index contributed by atoms with van der Waals surface area (Å²) in [4.78, 5) is 2.45. The van der Waals surface area contributed by atoms with Gasteiger partial charge in [0.2, 0.25) is 0 Å². The summed E-state index contributed by atoms with van der Waals surface area (Å²) in [6, 6.07) is 5.10. The fourth-order valence-electron chi connectivity index (χ4n) is 2.99. The predicted octanol–water partition coefficient (Wildman–Crippen LogP) is 4.06. The van der Waals surface area contributed by atoms with Crippen LogP contribution in [-0.4, -0.2) is 38.2 Å². The third-order valence-electron chi connectivity index (χ3n) is 4.16. The number of halogens is 3. The number of benzene rings is 1. The van der Waals surface area contributed by atoms with Crippen molar-refractivity contribution in [2.24, 2.45) is 5.92 Å². The lowest BCUT2D eigenvalue weighted by Crippen LogP contribution is -2.45. The zero-order valence-corrected chi connectivity index (χ0v) is 15.8. The van der Waals surface area contributed by atoms with Gasteiger partial charge in [0.25, 0.3) is 0 Å². The van der Waals surface area contributed by atoms with Crippen molar-refractivity contribution in [3.8, 4) is 5.75 Å². The summed E-state index contributed by atoms with van der Waals surface area (Å²) in [7, 11) is 1.66. The first-order valence-corrected chi connectivity index (χ1v) is 7.90. The van der Waals surface area contributed by atoms with Crippen molar-refractivity contribution >= 4 is 24.8 Å². The Morgan fingerprint density at radius 3 is 2.39 bits per heavy atom. The lowest BCUT2D eigenvalue weighted by molar-refractivity contribution is 0.157. The normalized spacial score (nSPS) is 16.4. The van der Waals surface area contributed by atoms with Crippen LogP contribution in [0.25, 0.3) is 0 Å². The fraction of sp³-hybridized carbons (Fsp3) is 0.647. The summed E-state index contributed by atoms with van der Waals surface area (Å²) >= 11 is 0. The van der Waals surface area contributed by atoms with Crippen LogP contribution in [0.15, 0.2) is 18.2 Å². The van der Waals surface area contributed by atoms with E-state index in [0.717, 1.165) is 50.3 Å². The van der Waals surface area contributed by atoms with Gasteiger partial charge in [-0.05, 0) is 37.0 Å². The molecule has 134 valence electrons. The van der Waals surface area contributed by atoms with E-state index in [-0.39, 0.29) is 36.7 Å². The number of ether oxygens (including phenoxy) is 1. The highest BCUT2D eigenvalue weighted by Gasteiger charge is 2.25. The van der Waals surface area contributed by atoms with Crippen LogP contribution in [0.5, 0.6) is 5.75 Å². The molecular formula is C17H29Cl2FN2O. The maximum atomic E-state index is 13.7. The summed E-state index contributed by atoms with van der Waals surface area (Å²) in [5.41, 5.74) is 0.986. The molecule has 1 atom stereocenters. The molecule has 1 saturated heterocycles. The van der Waals surface area contributed by atoms with E-state index in [1.807, 2.05) is 0 Å². The largest absolute Gasteiger partial charge is 0.496 e. The van der Waals surface area contributed by atoms with E-state index in [1.54, 1.807) is 19.2 Å². The van der Waals surface area contributed by atoms with Gasteiger partial charge < -0.3 is 10.1 Å². The molecule has 1 aromatic rings. The topological polar surface area (TPSA) is 24.5 Å². The highest BCUT2D eigenvalue weighted by molar-refractivity contribution is 5.85. The summed E-state index contributed by atoms with van der Waals surface area (Å²) < 4.78 is 19.2. The Morgan fingerprint density at radius 2 is 1.83 bits per heavy atom. The Morgan fingerprint density at radius 1 is 1.17 bits per heavy atom. The van der Waals surface area contributed by atoms with Crippen LogP contribution in [0.2, 0.25) is 0 Å². The molecule has 1 heterocycles. The SMILES string of the molecule is COc1ccc(F)cc1[C@@H](CCC(C)C)N1CCNCC1.Cl.Cl. The zero-order chi connectivity index (χ0) is 15.2. The van der Waals surface area contributed by atoms with Gasteiger partial charge in [0.1, 0.15) is 11.6 Å². The Kier molecular flexibility index (Phi) is 10.8. The van der Waals surface area contributed by atoms with Crippen LogP contribution in [0.4, 0.5) is 4.39 Å². The zero-order valence-electron chi connectivity index (χ0n) is 14.2. The molecule has 6 heteroatoms. The van der Waals surface area contributed by atoms with Gasteiger partial charge in [-0.25, -0.2) is 4.39 Å². The molecule has 0 spiro atoms. The monoisotopic (exact) mass is 366 g/mol. The minimum atomic E-state index is -0.185. The average molecular weight is 367 g/mol. The standard InChI is InChI=1S/C17H27FN2O.2ClH/c1-13(2)4-6-16(20-10-8-19-9-11-20)15-12-14(18)5-7-17(15)21-3;;/h5,7,12-13,16,19H,4,6,8-11H2,1-3H3;2*1H/t16-;;/m1../s1. The highest BCUT2D eigenvalue weighted by Crippen LogP contribution is 2.34. The second-order valence-corrected chi connectivity index (χ2v) is 6.16. The smallest absolute Gasteiger partial charge is 0.123 e. The van der Waals surface area contributed by atoms with E-state index >= 15 is 0 Å². The number of piperazine rings is 1. The molecule has 1 aliphatic rings. The molecule has 1 aromatic carbocycles. The van der Waals surface area contributed by atoms with E-state index < -0.39 is 0 Å². The van der Waals surface area contributed by atoms with Gasteiger partial charge in [-0.1, -0.05) is 13.8 Å². The number of nitrogens with zero attached hydrogens (tertiary/aromatic N) is 1. The van der Waals surface area contributed by atoms with Crippen molar-refractivity contribution in [1.29, 1.82) is 0 Å². The molecular weight excluding hydrogens is 338 g/mol. The third kappa shape index (κ3) is 6.46. The number of methoxy groups -OCH3 is 1. The number of hydrogen-bond acceptors (Lipinski definition) is 3. The Balaban J connectivity index is 0.00000242. The highest BCUT2D eigenvalue weighted by atomic mass is 35.5. The number of rotatable bonds is 6. The lowest BCUT2D eigenvalue weighted by Gasteiger charge is -2.36. The van der Waals surface area contributed by atoms with Gasteiger partial charge in [0.05, 0.1) is 7.11 Å². The molecule has 0 aromatic heterocycles. The molecule has 1 fully saturated rings. The van der Waals surface area contributed by atoms with Crippen molar-refractivity contribution in [3.05, 3.63) is 29.6 Å². The first-order valence-electron chi connectivity index (χ1n) is 7.90. The third-order valence-corrected chi connectivity index (χ3v) is 4.16. The van der Waals surface area contributed by atoms with E-state index in [2.05, 4.69) is 24.1 Å². The van der Waals surface area contributed by atoms with E-state index in [4.69, 9.17) is 4.74 Å². The first-order chi connectivity index (χ1) is 10.1. The van der Waals surface area contributed by atoms with Gasteiger partial charge in [-0.3, -0.25) is 4.90 Å². The Hall–Kier alpha value is -0.550. The van der Waals surface area contributed by atoms with Crippen LogP contribution in [0, 0.1) is 11.7 Å². The molecule has 0 saturated carbocycles. The second-order valence-electron chi connectivity index (χ2n) is 6.16. The van der Waals surface area contributed by atoms with Gasteiger partial charge in [-0.2, -0.15) is 0 Å². The van der Waals surface area contributed by atoms with Crippen molar-refractivity contribution in [2.75, 3.05) is 33.3 Å². The summed E-state index contributed by atoms with van der Waals surface area (Å²) in [5, 5.41) is 3.38. The van der Waals surface area contributed by atoms with E-state index in [9.17, 15) is 4.39 Å². The van der Waals surface area contributed by atoms with E-state index in [1.165, 1.54) is 6.07 Å². The quantitative estimate of drug-likeness (QED) is 0.821. The van der Waals surface area contributed by atoms with Gasteiger partial charge >= 0.3 is 0 Å². The van der Waals surface area contributed by atoms with E-state index in [0.29, 0.717) is 5.92 Å². The summed E-state index contributed by atoms with van der Waals surface area (Å²) in [6.45, 7) is 8.46. The molecule has 1 aliphatic heterocycles. The minimum Gasteiger partial charge on any atom is -0.496 e.